The molecule has 0 aliphatic carbocycles. The molecule has 1 rings (SSSR count). The molecule has 0 saturated carbocycles. The summed E-state index contributed by atoms with van der Waals surface area (Å²) in [5.74, 6) is 0. The van der Waals surface area contributed by atoms with Crippen LogP contribution in [0.5, 0.6) is 0 Å². The van der Waals surface area contributed by atoms with Crippen molar-refractivity contribution in [1.82, 2.24) is 14.9 Å². The standard InChI is InChI=1S/C2H4N4O3S.Na/c3-10(7,8)9-6-2-4-1-5-6;/h1-2H,(H2,3,7,8);. The number of aromatic nitrogens is 3. The third-order valence-electron chi connectivity index (χ3n) is 0.578. The Morgan fingerprint density at radius 2 is 2.18 bits per heavy atom. The van der Waals surface area contributed by atoms with Crippen LogP contribution >= 0.6 is 0 Å². The van der Waals surface area contributed by atoms with Gasteiger partial charge in [-0.15, -0.1) is 5.10 Å². The molecule has 7 nitrogen and oxygen atoms in total. The van der Waals surface area contributed by atoms with Gasteiger partial charge < -0.3 is 0 Å². The van der Waals surface area contributed by atoms with Crippen LogP contribution in [-0.2, 0) is 10.3 Å². The van der Waals surface area contributed by atoms with Crippen LogP contribution in [0.25, 0.3) is 0 Å². The Bertz CT molecular complexity index is 293. The molecule has 0 amide bonds. The van der Waals surface area contributed by atoms with Crippen molar-refractivity contribution in [2.45, 2.75) is 0 Å². The molecule has 1 aromatic rings. The van der Waals surface area contributed by atoms with Crippen LogP contribution in [0.2, 0.25) is 0 Å². The van der Waals surface area contributed by atoms with E-state index in [0.29, 0.717) is 4.85 Å². The minimum absolute atomic E-state index is 0. The summed E-state index contributed by atoms with van der Waals surface area (Å²) in [7, 11) is -3.99. The van der Waals surface area contributed by atoms with E-state index >= 15 is 0 Å². The minimum atomic E-state index is -3.99. The summed E-state index contributed by atoms with van der Waals surface area (Å²) in [6.07, 6.45) is 2.18. The largest absolute Gasteiger partial charge is 0.399 e. The smallest absolute Gasteiger partial charge is 0.256 e. The zero-order chi connectivity index (χ0) is 7.61. The van der Waals surface area contributed by atoms with Crippen LogP contribution in [0.15, 0.2) is 12.7 Å². The van der Waals surface area contributed by atoms with Gasteiger partial charge in [0.15, 0.2) is 6.33 Å². The molecule has 0 spiro atoms. The minimum Gasteiger partial charge on any atom is -0.256 e. The topological polar surface area (TPSA) is 100 Å². The van der Waals surface area contributed by atoms with Gasteiger partial charge >= 0.3 is 10.3 Å². The van der Waals surface area contributed by atoms with Crippen LogP contribution in [0.1, 0.15) is 0 Å². The molecule has 0 unspecified atom stereocenters. The number of rotatable bonds is 2. The van der Waals surface area contributed by atoms with Crippen LogP contribution in [0, 0.1) is 0 Å². The first-order valence-electron chi connectivity index (χ1n) is 2.15. The number of nitrogens with two attached hydrogens (primary N) is 1. The van der Waals surface area contributed by atoms with E-state index in [2.05, 4.69) is 19.5 Å². The van der Waals surface area contributed by atoms with Gasteiger partial charge in [-0.05, 0) is 0 Å². The zero-order valence-electron chi connectivity index (χ0n) is 5.71. The molecule has 1 aromatic heterocycles. The van der Waals surface area contributed by atoms with Gasteiger partial charge in [-0.25, -0.2) is 4.98 Å². The molecule has 57 valence electrons. The van der Waals surface area contributed by atoms with Gasteiger partial charge in [0.25, 0.3) is 0 Å². The van der Waals surface area contributed by atoms with Crippen LogP contribution in [0.3, 0.4) is 0 Å². The van der Waals surface area contributed by atoms with E-state index in [1.807, 2.05) is 0 Å². The molecule has 2 N–H and O–H groups in total. The van der Waals surface area contributed by atoms with Crippen LogP contribution in [0.4, 0.5) is 0 Å². The van der Waals surface area contributed by atoms with E-state index in [1.54, 1.807) is 0 Å². The monoisotopic (exact) mass is 187 g/mol. The van der Waals surface area contributed by atoms with Gasteiger partial charge in [0.05, 0.1) is 0 Å². The molecule has 0 aromatic carbocycles. The fourth-order valence-electron chi connectivity index (χ4n) is 0.342. The van der Waals surface area contributed by atoms with Crippen molar-refractivity contribution in [2.75, 3.05) is 0 Å². The molecule has 1 heterocycles. The maximum absolute atomic E-state index is 10.2. The van der Waals surface area contributed by atoms with E-state index in [4.69, 9.17) is 0 Å². The van der Waals surface area contributed by atoms with E-state index in [-0.39, 0.29) is 29.6 Å². The van der Waals surface area contributed by atoms with Gasteiger partial charge in [-0.3, -0.25) is 4.28 Å². The zero-order valence-corrected chi connectivity index (χ0v) is 8.52. The molecule has 0 saturated heterocycles. The fraction of sp³-hybridized carbons (Fsp3) is 0. The van der Waals surface area contributed by atoms with Gasteiger partial charge in [0.1, 0.15) is 6.33 Å². The van der Waals surface area contributed by atoms with E-state index < -0.39 is 10.3 Å². The first-order chi connectivity index (χ1) is 4.58. The van der Waals surface area contributed by atoms with Gasteiger partial charge in [-0.1, -0.05) is 4.85 Å². The fourth-order valence-corrected chi connectivity index (χ4v) is 0.632. The van der Waals surface area contributed by atoms with Crippen LogP contribution < -0.4 is 9.42 Å². The summed E-state index contributed by atoms with van der Waals surface area (Å²) < 4.78 is 24.4. The van der Waals surface area contributed by atoms with E-state index in [1.165, 1.54) is 0 Å². The summed E-state index contributed by atoms with van der Waals surface area (Å²) in [5, 5.41) is 7.81. The Morgan fingerprint density at radius 1 is 1.55 bits per heavy atom. The SMILES string of the molecule is NS(=O)(=O)On1cncn1.[Na]. The number of hydrogen-bond acceptors (Lipinski definition) is 5. The third-order valence-corrected chi connectivity index (χ3v) is 0.938. The van der Waals surface area contributed by atoms with Crippen molar-refractivity contribution in [3.05, 3.63) is 12.7 Å². The summed E-state index contributed by atoms with van der Waals surface area (Å²) in [4.78, 5) is 4.05. The second kappa shape index (κ2) is 4.02. The molecule has 1 radical (unpaired) electrons. The molecule has 11 heavy (non-hydrogen) atoms. The maximum atomic E-state index is 10.2. The van der Waals surface area contributed by atoms with Crippen LogP contribution in [-0.4, -0.2) is 52.9 Å². The average Bonchev–Trinajstić information content (AvgIpc) is 2.12. The predicted molar refractivity (Wildman–Crippen MR) is 35.5 cm³/mol. The van der Waals surface area contributed by atoms with Crippen molar-refractivity contribution in [3.8, 4) is 0 Å². The molecule has 9 heteroatoms. The predicted octanol–water partition coefficient (Wildman–Crippen LogP) is -2.47. The first kappa shape index (κ1) is 10.8. The molecule has 0 aliphatic rings. The normalized spacial score (nSPS) is 10.3. The van der Waals surface area contributed by atoms with E-state index in [9.17, 15) is 8.42 Å². The summed E-state index contributed by atoms with van der Waals surface area (Å²) in [6.45, 7) is 0. The van der Waals surface area contributed by atoms with Crippen molar-refractivity contribution in [3.63, 3.8) is 0 Å². The van der Waals surface area contributed by atoms with Gasteiger partial charge in [0, 0.05) is 29.6 Å². The molecular formula is C2H4N4NaO3S. The molecule has 0 atom stereocenters. The second-order valence-electron chi connectivity index (χ2n) is 1.37. The summed E-state index contributed by atoms with van der Waals surface area (Å²) >= 11 is 0. The van der Waals surface area contributed by atoms with Crippen molar-refractivity contribution < 1.29 is 12.7 Å². The Kier molecular flexibility index (Phi) is 3.97. The Balaban J connectivity index is 0.000001000. The third kappa shape index (κ3) is 4.32. The first-order valence-corrected chi connectivity index (χ1v) is 3.62. The Hall–Kier alpha value is -0.150. The van der Waals surface area contributed by atoms with E-state index in [0.717, 1.165) is 12.7 Å². The van der Waals surface area contributed by atoms with Crippen molar-refractivity contribution in [1.29, 1.82) is 0 Å². The van der Waals surface area contributed by atoms with Crippen molar-refractivity contribution >= 4 is 39.9 Å². The molecule has 0 fully saturated rings. The van der Waals surface area contributed by atoms with Crippen molar-refractivity contribution in [2.24, 2.45) is 5.14 Å². The average molecular weight is 187 g/mol. The second-order valence-corrected chi connectivity index (χ2v) is 2.50. The summed E-state index contributed by atoms with van der Waals surface area (Å²) in [5.41, 5.74) is 0. The molecular weight excluding hydrogens is 183 g/mol. The van der Waals surface area contributed by atoms with Gasteiger partial charge in [-0.2, -0.15) is 13.6 Å². The number of hydrogen-bond donors (Lipinski definition) is 1. The van der Waals surface area contributed by atoms with Gasteiger partial charge in [0.2, 0.25) is 0 Å². The summed E-state index contributed by atoms with van der Waals surface area (Å²) in [6, 6.07) is 0. The molecule has 0 aliphatic heterocycles. The quantitative estimate of drug-likeness (QED) is 0.517. The number of nitrogens with zero attached hydrogens (tertiary/aromatic N) is 3. The molecule has 0 bridgehead atoms. The Labute approximate surface area is 85.0 Å². The Morgan fingerprint density at radius 3 is 2.55 bits per heavy atom. The maximum Gasteiger partial charge on any atom is 0.399 e.